The van der Waals surface area contributed by atoms with Crippen LogP contribution in [0.25, 0.3) is 11.0 Å². The van der Waals surface area contributed by atoms with E-state index in [2.05, 4.69) is 23.4 Å². The van der Waals surface area contributed by atoms with Crippen LogP contribution in [-0.2, 0) is 0 Å². The van der Waals surface area contributed by atoms with Crippen LogP contribution in [0.4, 0.5) is 0 Å². The van der Waals surface area contributed by atoms with Gasteiger partial charge in [-0.25, -0.2) is 0 Å². The molecule has 2 aromatic heterocycles. The van der Waals surface area contributed by atoms with Crippen molar-refractivity contribution < 1.29 is 4.42 Å². The molecular weight excluding hydrogens is 270 g/mol. The van der Waals surface area contributed by atoms with E-state index in [4.69, 9.17) is 10.2 Å². The number of para-hydroxylation sites is 1. The van der Waals surface area contributed by atoms with Crippen molar-refractivity contribution in [3.05, 3.63) is 46.2 Å². The maximum Gasteiger partial charge on any atom is 0.137 e. The molecule has 4 nitrogen and oxygen atoms in total. The first-order valence-corrected chi connectivity index (χ1v) is 7.42. The molecule has 1 unspecified atom stereocenters. The van der Waals surface area contributed by atoms with Gasteiger partial charge in [-0.1, -0.05) is 36.5 Å². The first-order chi connectivity index (χ1) is 9.58. The van der Waals surface area contributed by atoms with Crippen LogP contribution < -0.4 is 5.73 Å². The summed E-state index contributed by atoms with van der Waals surface area (Å²) in [5.74, 6) is 1.07. The predicted molar refractivity (Wildman–Crippen MR) is 81.0 cm³/mol. The molecule has 0 saturated heterocycles. The number of furan rings is 1. The Hall–Kier alpha value is -1.72. The highest BCUT2D eigenvalue weighted by Gasteiger charge is 2.22. The molecule has 1 atom stereocenters. The quantitative estimate of drug-likeness (QED) is 0.796. The van der Waals surface area contributed by atoms with Gasteiger partial charge in [0, 0.05) is 5.39 Å². The summed E-state index contributed by atoms with van der Waals surface area (Å²) in [4.78, 5) is 0.983. The summed E-state index contributed by atoms with van der Waals surface area (Å²) in [7, 11) is 0. The number of hydrogen-bond acceptors (Lipinski definition) is 5. The molecule has 3 aromatic rings. The lowest BCUT2D eigenvalue weighted by Crippen LogP contribution is -2.12. The zero-order valence-corrected chi connectivity index (χ0v) is 12.6. The van der Waals surface area contributed by atoms with Crippen molar-refractivity contribution in [2.24, 2.45) is 5.73 Å². The zero-order chi connectivity index (χ0) is 14.3. The number of nitrogens with zero attached hydrogens (tertiary/aromatic N) is 2. The summed E-state index contributed by atoms with van der Waals surface area (Å²) in [6.45, 7) is 6.22. The van der Waals surface area contributed by atoms with Gasteiger partial charge in [-0.15, -0.1) is 5.10 Å². The van der Waals surface area contributed by atoms with E-state index in [1.165, 1.54) is 11.5 Å². The Labute approximate surface area is 121 Å². The fourth-order valence-electron chi connectivity index (χ4n) is 2.33. The second-order valence-corrected chi connectivity index (χ2v) is 6.08. The number of aromatic nitrogens is 2. The van der Waals surface area contributed by atoms with Crippen LogP contribution in [0, 0.1) is 6.92 Å². The summed E-state index contributed by atoms with van der Waals surface area (Å²) in [6, 6.07) is 7.80. The lowest BCUT2D eigenvalue weighted by atomic mass is 10.0. The lowest BCUT2D eigenvalue weighted by Gasteiger charge is -2.09. The first kappa shape index (κ1) is 13.3. The molecule has 104 valence electrons. The molecule has 0 radical (unpaired) electrons. The van der Waals surface area contributed by atoms with Gasteiger partial charge in [-0.05, 0) is 36.0 Å². The van der Waals surface area contributed by atoms with Crippen LogP contribution in [0.5, 0.6) is 0 Å². The van der Waals surface area contributed by atoms with Crippen molar-refractivity contribution in [1.82, 2.24) is 9.59 Å². The smallest absolute Gasteiger partial charge is 0.137 e. The van der Waals surface area contributed by atoms with Gasteiger partial charge in [0.05, 0.1) is 10.6 Å². The van der Waals surface area contributed by atoms with Gasteiger partial charge in [0.1, 0.15) is 17.4 Å². The maximum absolute atomic E-state index is 6.35. The Morgan fingerprint density at radius 1 is 1.30 bits per heavy atom. The van der Waals surface area contributed by atoms with E-state index < -0.39 is 0 Å². The Morgan fingerprint density at radius 3 is 2.80 bits per heavy atom. The van der Waals surface area contributed by atoms with E-state index in [1.807, 2.05) is 31.2 Å². The average Bonchev–Trinajstić information content (AvgIpc) is 3.05. The molecule has 0 amide bonds. The number of hydrogen-bond donors (Lipinski definition) is 1. The largest absolute Gasteiger partial charge is 0.459 e. The standard InChI is InChI=1S/C15H17N3OS/c1-8(2)13-15(20-18-17-13)12(16)11-7-10-6-4-5-9(3)14(10)19-11/h4-8,12H,16H2,1-3H3. The van der Waals surface area contributed by atoms with E-state index in [0.717, 1.165) is 32.9 Å². The molecule has 0 saturated carbocycles. The van der Waals surface area contributed by atoms with Crippen molar-refractivity contribution in [3.63, 3.8) is 0 Å². The number of benzene rings is 1. The third kappa shape index (κ3) is 2.13. The Morgan fingerprint density at radius 2 is 2.10 bits per heavy atom. The van der Waals surface area contributed by atoms with Crippen LogP contribution in [0.15, 0.2) is 28.7 Å². The fraction of sp³-hybridized carbons (Fsp3) is 0.333. The molecule has 5 heteroatoms. The van der Waals surface area contributed by atoms with Crippen molar-refractivity contribution in [1.29, 1.82) is 0 Å². The zero-order valence-electron chi connectivity index (χ0n) is 11.8. The summed E-state index contributed by atoms with van der Waals surface area (Å²) in [5.41, 5.74) is 9.33. The summed E-state index contributed by atoms with van der Waals surface area (Å²) in [5, 5.41) is 5.26. The molecule has 3 rings (SSSR count). The number of nitrogens with two attached hydrogens (primary N) is 1. The monoisotopic (exact) mass is 287 g/mol. The van der Waals surface area contributed by atoms with Gasteiger partial charge < -0.3 is 10.2 Å². The van der Waals surface area contributed by atoms with E-state index in [-0.39, 0.29) is 6.04 Å². The molecule has 0 aliphatic heterocycles. The van der Waals surface area contributed by atoms with Gasteiger partial charge in [0.2, 0.25) is 0 Å². The lowest BCUT2D eigenvalue weighted by molar-refractivity contribution is 0.523. The summed E-state index contributed by atoms with van der Waals surface area (Å²) in [6.07, 6.45) is 0. The molecule has 0 bridgehead atoms. The van der Waals surface area contributed by atoms with Crippen molar-refractivity contribution >= 4 is 22.5 Å². The SMILES string of the molecule is Cc1cccc2cc(C(N)c3snnc3C(C)C)oc12. The molecular formula is C15H17N3OS. The van der Waals surface area contributed by atoms with Gasteiger partial charge in [-0.2, -0.15) is 0 Å². The van der Waals surface area contributed by atoms with Crippen LogP contribution in [0.2, 0.25) is 0 Å². The van der Waals surface area contributed by atoms with Gasteiger partial charge in [-0.3, -0.25) is 0 Å². The molecule has 1 aromatic carbocycles. The number of rotatable bonds is 3. The highest BCUT2D eigenvalue weighted by Crippen LogP contribution is 2.32. The molecule has 0 aliphatic carbocycles. The van der Waals surface area contributed by atoms with Crippen molar-refractivity contribution in [2.75, 3.05) is 0 Å². The predicted octanol–water partition coefficient (Wildman–Crippen LogP) is 3.76. The van der Waals surface area contributed by atoms with Gasteiger partial charge in [0.25, 0.3) is 0 Å². The van der Waals surface area contributed by atoms with E-state index >= 15 is 0 Å². The Balaban J connectivity index is 2.06. The second kappa shape index (κ2) is 5.00. The molecule has 0 aliphatic rings. The normalized spacial score (nSPS) is 13.2. The molecule has 20 heavy (non-hydrogen) atoms. The minimum Gasteiger partial charge on any atom is -0.459 e. The minimum absolute atomic E-state index is 0.306. The molecule has 0 fully saturated rings. The van der Waals surface area contributed by atoms with Crippen LogP contribution in [0.1, 0.15) is 47.7 Å². The first-order valence-electron chi connectivity index (χ1n) is 6.64. The van der Waals surface area contributed by atoms with Crippen molar-refractivity contribution in [3.8, 4) is 0 Å². The van der Waals surface area contributed by atoms with Crippen LogP contribution >= 0.6 is 11.5 Å². The molecule has 2 N–H and O–H groups in total. The van der Waals surface area contributed by atoms with Crippen LogP contribution in [0.3, 0.4) is 0 Å². The van der Waals surface area contributed by atoms with E-state index in [1.54, 1.807) is 0 Å². The Bertz CT molecular complexity index is 744. The summed E-state index contributed by atoms with van der Waals surface area (Å²) < 4.78 is 9.98. The fourth-order valence-corrected chi connectivity index (χ4v) is 3.15. The van der Waals surface area contributed by atoms with Gasteiger partial charge in [0.15, 0.2) is 0 Å². The highest BCUT2D eigenvalue weighted by molar-refractivity contribution is 7.05. The van der Waals surface area contributed by atoms with Crippen molar-refractivity contribution in [2.45, 2.75) is 32.7 Å². The molecule has 0 spiro atoms. The van der Waals surface area contributed by atoms with Crippen LogP contribution in [-0.4, -0.2) is 9.59 Å². The van der Waals surface area contributed by atoms with E-state index in [0.29, 0.717) is 5.92 Å². The Kier molecular flexibility index (Phi) is 3.31. The van der Waals surface area contributed by atoms with Gasteiger partial charge >= 0.3 is 0 Å². The number of fused-ring (bicyclic) bond motifs is 1. The summed E-state index contributed by atoms with van der Waals surface area (Å²) >= 11 is 1.35. The molecule has 2 heterocycles. The maximum atomic E-state index is 6.35. The highest BCUT2D eigenvalue weighted by atomic mass is 32.1. The topological polar surface area (TPSA) is 64.9 Å². The number of aryl methyl sites for hydroxylation is 1. The third-order valence-electron chi connectivity index (χ3n) is 3.44. The third-order valence-corrected chi connectivity index (χ3v) is 4.26. The van der Waals surface area contributed by atoms with E-state index in [9.17, 15) is 0 Å². The second-order valence-electron chi connectivity index (χ2n) is 5.30. The average molecular weight is 287 g/mol. The minimum atomic E-state index is -0.306.